The van der Waals surface area contributed by atoms with Gasteiger partial charge in [0.25, 0.3) is 0 Å². The van der Waals surface area contributed by atoms with Gasteiger partial charge in [0.05, 0.1) is 35.7 Å². The molecule has 0 bridgehead atoms. The van der Waals surface area contributed by atoms with Crippen LogP contribution in [0.25, 0.3) is 5.69 Å². The highest BCUT2D eigenvalue weighted by Crippen LogP contribution is 2.34. The molecule has 0 spiro atoms. The molecule has 0 saturated heterocycles. The molecule has 3 N–H and O–H groups in total. The highest BCUT2D eigenvalue weighted by molar-refractivity contribution is 7.99. The molecule has 3 rings (SSSR count). The van der Waals surface area contributed by atoms with Crippen molar-refractivity contribution in [3.8, 4) is 11.4 Å². The van der Waals surface area contributed by atoms with Gasteiger partial charge < -0.3 is 15.8 Å². The van der Waals surface area contributed by atoms with Crippen LogP contribution in [0.3, 0.4) is 0 Å². The number of methoxy groups -OCH3 is 1. The lowest BCUT2D eigenvalue weighted by atomic mass is 10.2. The van der Waals surface area contributed by atoms with Crippen molar-refractivity contribution in [3.05, 3.63) is 58.9 Å². The number of nitrogens with zero attached hydrogens (tertiary/aromatic N) is 3. The van der Waals surface area contributed by atoms with Crippen LogP contribution in [0.2, 0.25) is 5.02 Å². The Balaban J connectivity index is 1.91. The summed E-state index contributed by atoms with van der Waals surface area (Å²) >= 11 is 7.14. The summed E-state index contributed by atoms with van der Waals surface area (Å²) in [5, 5.41) is 11.6. The first kappa shape index (κ1) is 22.8. The van der Waals surface area contributed by atoms with Gasteiger partial charge in [-0.3, -0.25) is 9.36 Å². The normalized spacial score (nSPS) is 11.4. The van der Waals surface area contributed by atoms with Crippen LogP contribution in [0, 0.1) is 0 Å². The third kappa shape index (κ3) is 5.61. The zero-order valence-electron chi connectivity index (χ0n) is 16.1. The SMILES string of the molecule is COc1ccc(-n2c(CNc3cc(C(F)(F)F)ccc3Cl)nnc2SCC(N)=O)cc1. The van der Waals surface area contributed by atoms with Gasteiger partial charge in [-0.25, -0.2) is 0 Å². The number of anilines is 1. The van der Waals surface area contributed by atoms with E-state index < -0.39 is 17.6 Å². The number of halogens is 4. The van der Waals surface area contributed by atoms with Gasteiger partial charge in [0.1, 0.15) is 5.75 Å². The summed E-state index contributed by atoms with van der Waals surface area (Å²) in [5.74, 6) is 0.496. The number of ether oxygens (including phenoxy) is 1. The molecular formula is C19H17ClF3N5O2S. The van der Waals surface area contributed by atoms with E-state index in [4.69, 9.17) is 22.1 Å². The second-order valence-electron chi connectivity index (χ2n) is 6.23. The second kappa shape index (κ2) is 9.48. The van der Waals surface area contributed by atoms with E-state index in [1.165, 1.54) is 13.2 Å². The van der Waals surface area contributed by atoms with E-state index in [9.17, 15) is 18.0 Å². The van der Waals surface area contributed by atoms with Gasteiger partial charge in [0.2, 0.25) is 5.91 Å². The number of rotatable bonds is 8. The molecule has 0 aliphatic heterocycles. The molecule has 1 amide bonds. The average Bonchev–Trinajstić information content (AvgIpc) is 3.13. The van der Waals surface area contributed by atoms with Crippen molar-refractivity contribution in [2.24, 2.45) is 5.73 Å². The summed E-state index contributed by atoms with van der Waals surface area (Å²) in [4.78, 5) is 11.2. The van der Waals surface area contributed by atoms with Crippen molar-refractivity contribution in [2.45, 2.75) is 17.9 Å². The minimum atomic E-state index is -4.50. The number of nitrogens with two attached hydrogens (primary N) is 1. The van der Waals surface area contributed by atoms with E-state index in [1.54, 1.807) is 28.8 Å². The van der Waals surface area contributed by atoms with Crippen LogP contribution in [0.15, 0.2) is 47.6 Å². The van der Waals surface area contributed by atoms with Crippen LogP contribution in [-0.4, -0.2) is 33.5 Å². The summed E-state index contributed by atoms with van der Waals surface area (Å²) in [7, 11) is 1.54. The smallest absolute Gasteiger partial charge is 0.416 e. The number of aromatic nitrogens is 3. The zero-order valence-corrected chi connectivity index (χ0v) is 17.7. The number of benzene rings is 2. The number of carbonyl (C=O) groups is 1. The maximum atomic E-state index is 13.0. The van der Waals surface area contributed by atoms with Crippen LogP contribution in [0.4, 0.5) is 18.9 Å². The molecular weight excluding hydrogens is 455 g/mol. The molecule has 7 nitrogen and oxygen atoms in total. The second-order valence-corrected chi connectivity index (χ2v) is 7.58. The predicted octanol–water partition coefficient (Wildman–Crippen LogP) is 4.14. The van der Waals surface area contributed by atoms with Crippen LogP contribution < -0.4 is 15.8 Å². The Bertz CT molecular complexity index is 1070. The average molecular weight is 472 g/mol. The molecule has 2 aromatic carbocycles. The van der Waals surface area contributed by atoms with Crippen molar-refractivity contribution in [1.82, 2.24) is 14.8 Å². The molecule has 0 aliphatic carbocycles. The van der Waals surface area contributed by atoms with Gasteiger partial charge >= 0.3 is 6.18 Å². The topological polar surface area (TPSA) is 95.1 Å². The summed E-state index contributed by atoms with van der Waals surface area (Å²) in [6, 6.07) is 10.0. The fourth-order valence-electron chi connectivity index (χ4n) is 2.65. The predicted molar refractivity (Wildman–Crippen MR) is 112 cm³/mol. The van der Waals surface area contributed by atoms with Gasteiger partial charge in [-0.2, -0.15) is 13.2 Å². The number of nitrogens with one attached hydrogen (secondary N) is 1. The Morgan fingerprint density at radius 3 is 2.55 bits per heavy atom. The Hall–Kier alpha value is -2.92. The number of hydrogen-bond acceptors (Lipinski definition) is 6. The van der Waals surface area contributed by atoms with Crippen molar-refractivity contribution >= 4 is 35.0 Å². The maximum absolute atomic E-state index is 13.0. The number of carbonyl (C=O) groups excluding carboxylic acids is 1. The number of alkyl halides is 3. The first-order valence-electron chi connectivity index (χ1n) is 8.79. The van der Waals surface area contributed by atoms with Gasteiger partial charge in [-0.05, 0) is 42.5 Å². The van der Waals surface area contributed by atoms with E-state index >= 15 is 0 Å². The monoisotopic (exact) mass is 471 g/mol. The largest absolute Gasteiger partial charge is 0.497 e. The minimum absolute atomic E-state index is 0.0127. The lowest BCUT2D eigenvalue weighted by Gasteiger charge is -2.14. The number of amides is 1. The van der Waals surface area contributed by atoms with Crippen LogP contribution in [0.5, 0.6) is 5.75 Å². The van der Waals surface area contributed by atoms with Gasteiger partial charge in [-0.15, -0.1) is 10.2 Å². The van der Waals surface area contributed by atoms with Gasteiger partial charge in [0, 0.05) is 5.69 Å². The molecule has 0 unspecified atom stereocenters. The van der Waals surface area contributed by atoms with Gasteiger partial charge in [0.15, 0.2) is 11.0 Å². The molecule has 0 fully saturated rings. The molecule has 31 heavy (non-hydrogen) atoms. The van der Waals surface area contributed by atoms with Crippen LogP contribution >= 0.6 is 23.4 Å². The Kier molecular flexibility index (Phi) is 6.96. The summed E-state index contributed by atoms with van der Waals surface area (Å²) in [6.45, 7) is 0.0250. The molecule has 12 heteroatoms. The summed E-state index contributed by atoms with van der Waals surface area (Å²) < 4.78 is 45.9. The summed E-state index contributed by atoms with van der Waals surface area (Å²) in [5.41, 5.74) is 5.17. The molecule has 0 radical (unpaired) electrons. The maximum Gasteiger partial charge on any atom is 0.416 e. The van der Waals surface area contributed by atoms with Crippen LogP contribution in [0.1, 0.15) is 11.4 Å². The van der Waals surface area contributed by atoms with E-state index in [0.29, 0.717) is 22.4 Å². The zero-order chi connectivity index (χ0) is 22.6. The van der Waals surface area contributed by atoms with E-state index in [2.05, 4.69) is 15.5 Å². The van der Waals surface area contributed by atoms with Gasteiger partial charge in [-0.1, -0.05) is 23.4 Å². The third-order valence-corrected chi connectivity index (χ3v) is 5.39. The Labute approximate surface area is 184 Å². The number of hydrogen-bond donors (Lipinski definition) is 2. The highest BCUT2D eigenvalue weighted by atomic mass is 35.5. The van der Waals surface area contributed by atoms with E-state index in [-0.39, 0.29) is 23.0 Å². The number of thioether (sulfide) groups is 1. The Morgan fingerprint density at radius 1 is 1.23 bits per heavy atom. The first-order chi connectivity index (χ1) is 14.7. The van der Waals surface area contributed by atoms with Crippen LogP contribution in [-0.2, 0) is 17.5 Å². The Morgan fingerprint density at radius 2 is 1.94 bits per heavy atom. The molecule has 1 heterocycles. The van der Waals surface area contributed by atoms with E-state index in [1.807, 2.05) is 0 Å². The lowest BCUT2D eigenvalue weighted by Crippen LogP contribution is -2.14. The van der Waals surface area contributed by atoms with E-state index in [0.717, 1.165) is 23.9 Å². The first-order valence-corrected chi connectivity index (χ1v) is 10.2. The fourth-order valence-corrected chi connectivity index (χ4v) is 3.54. The van der Waals surface area contributed by atoms with Crippen molar-refractivity contribution < 1.29 is 22.7 Å². The summed E-state index contributed by atoms with van der Waals surface area (Å²) in [6.07, 6.45) is -4.50. The molecule has 3 aromatic rings. The fraction of sp³-hybridized carbons (Fsp3) is 0.211. The minimum Gasteiger partial charge on any atom is -0.497 e. The third-order valence-electron chi connectivity index (χ3n) is 4.11. The molecule has 1 aromatic heterocycles. The highest BCUT2D eigenvalue weighted by Gasteiger charge is 2.31. The van der Waals surface area contributed by atoms with Crippen molar-refractivity contribution in [3.63, 3.8) is 0 Å². The standard InChI is InChI=1S/C19H17ClF3N5O2S/c1-30-13-5-3-12(4-6-13)28-17(26-27-18(28)31-10-16(24)29)9-25-15-8-11(19(21,22)23)2-7-14(15)20/h2-8,25H,9-10H2,1H3,(H2,24,29). The molecule has 0 saturated carbocycles. The molecule has 0 atom stereocenters. The molecule has 0 aliphatic rings. The quantitative estimate of drug-likeness (QED) is 0.479. The van der Waals surface area contributed by atoms with Crippen molar-refractivity contribution in [1.29, 1.82) is 0 Å². The lowest BCUT2D eigenvalue weighted by molar-refractivity contribution is -0.137. The van der Waals surface area contributed by atoms with Crippen molar-refractivity contribution in [2.75, 3.05) is 18.2 Å². The number of primary amides is 1. The molecule has 164 valence electrons.